The van der Waals surface area contributed by atoms with Crippen LogP contribution < -0.4 is 4.74 Å². The largest absolute Gasteiger partial charge is 0.497 e. The van der Waals surface area contributed by atoms with E-state index in [-0.39, 0.29) is 18.2 Å². The lowest BCUT2D eigenvalue weighted by Gasteiger charge is -2.03. The predicted molar refractivity (Wildman–Crippen MR) is 63.4 cm³/mol. The van der Waals surface area contributed by atoms with E-state index in [9.17, 15) is 9.59 Å². The van der Waals surface area contributed by atoms with Crippen molar-refractivity contribution < 1.29 is 14.3 Å². The van der Waals surface area contributed by atoms with Crippen molar-refractivity contribution in [3.05, 3.63) is 35.4 Å². The highest BCUT2D eigenvalue weighted by Crippen LogP contribution is 2.21. The first-order valence-electron chi connectivity index (χ1n) is 5.27. The second-order valence-electron chi connectivity index (χ2n) is 3.88. The van der Waals surface area contributed by atoms with Gasteiger partial charge in [-0.1, -0.05) is 12.1 Å². The van der Waals surface area contributed by atoms with E-state index in [1.807, 2.05) is 24.3 Å². The Morgan fingerprint density at radius 1 is 1.24 bits per heavy atom. The Morgan fingerprint density at radius 3 is 2.35 bits per heavy atom. The number of nitrogens with zero attached hydrogens (tertiary/aromatic N) is 1. The van der Waals surface area contributed by atoms with Crippen molar-refractivity contribution in [1.29, 1.82) is 0 Å². The molecule has 1 aromatic rings. The smallest absolute Gasteiger partial charge is 0.256 e. The van der Waals surface area contributed by atoms with Gasteiger partial charge in [-0.3, -0.25) is 14.5 Å². The minimum Gasteiger partial charge on any atom is -0.497 e. The number of hydrogen-bond acceptors (Lipinski definition) is 3. The number of benzene rings is 1. The molecule has 1 aliphatic rings. The van der Waals surface area contributed by atoms with Crippen LogP contribution in [0.25, 0.3) is 6.08 Å². The molecule has 0 N–H and O–H groups in total. The molecular weight excluding hydrogens is 218 g/mol. The fraction of sp³-hybridized carbons (Fsp3) is 0.231. The minimum absolute atomic E-state index is 0.158. The average Bonchev–Trinajstić information content (AvgIpc) is 2.58. The third-order valence-electron chi connectivity index (χ3n) is 2.75. The summed E-state index contributed by atoms with van der Waals surface area (Å²) in [4.78, 5) is 24.1. The Morgan fingerprint density at radius 2 is 1.88 bits per heavy atom. The van der Waals surface area contributed by atoms with Crippen molar-refractivity contribution in [2.45, 2.75) is 6.42 Å². The third-order valence-corrected chi connectivity index (χ3v) is 2.75. The SMILES string of the molecule is COc1ccc(C=C2CC(=O)N(C)C2=O)cc1. The zero-order chi connectivity index (χ0) is 12.4. The van der Waals surface area contributed by atoms with E-state index in [1.54, 1.807) is 13.2 Å². The Kier molecular flexibility index (Phi) is 2.95. The lowest BCUT2D eigenvalue weighted by Crippen LogP contribution is -2.23. The summed E-state index contributed by atoms with van der Waals surface area (Å²) in [6.45, 7) is 0. The summed E-state index contributed by atoms with van der Waals surface area (Å²) in [6, 6.07) is 7.33. The number of likely N-dealkylation sites (tertiary alicyclic amines) is 1. The summed E-state index contributed by atoms with van der Waals surface area (Å²) in [5.74, 6) is 0.388. The quantitative estimate of drug-likeness (QED) is 0.572. The van der Waals surface area contributed by atoms with Crippen LogP contribution in [0.5, 0.6) is 5.75 Å². The molecule has 1 heterocycles. The standard InChI is InChI=1S/C13H13NO3/c1-14-12(15)8-10(13(14)16)7-9-3-5-11(17-2)6-4-9/h3-7H,8H2,1-2H3. The van der Waals surface area contributed by atoms with Gasteiger partial charge in [-0.05, 0) is 23.8 Å². The molecule has 0 spiro atoms. The van der Waals surface area contributed by atoms with E-state index in [1.165, 1.54) is 7.05 Å². The molecule has 88 valence electrons. The Balaban J connectivity index is 2.24. The molecule has 17 heavy (non-hydrogen) atoms. The molecule has 1 aliphatic heterocycles. The van der Waals surface area contributed by atoms with E-state index in [2.05, 4.69) is 0 Å². The first-order valence-corrected chi connectivity index (χ1v) is 5.27. The van der Waals surface area contributed by atoms with E-state index in [4.69, 9.17) is 4.74 Å². The molecule has 0 aromatic heterocycles. The molecule has 0 atom stereocenters. The third kappa shape index (κ3) is 2.20. The molecule has 4 heteroatoms. The molecule has 0 unspecified atom stereocenters. The topological polar surface area (TPSA) is 46.6 Å². The maximum absolute atomic E-state index is 11.7. The summed E-state index contributed by atoms with van der Waals surface area (Å²) < 4.78 is 5.04. The van der Waals surface area contributed by atoms with Crippen molar-refractivity contribution in [1.82, 2.24) is 4.90 Å². The fourth-order valence-electron chi connectivity index (χ4n) is 1.70. The molecule has 1 aromatic carbocycles. The summed E-state index contributed by atoms with van der Waals surface area (Å²) in [5, 5.41) is 0. The predicted octanol–water partition coefficient (Wildman–Crippen LogP) is 1.47. The molecule has 1 saturated heterocycles. The first-order chi connectivity index (χ1) is 8.11. The molecule has 0 bridgehead atoms. The second-order valence-corrected chi connectivity index (χ2v) is 3.88. The zero-order valence-corrected chi connectivity index (χ0v) is 9.77. The van der Waals surface area contributed by atoms with Gasteiger partial charge in [0.15, 0.2) is 0 Å². The van der Waals surface area contributed by atoms with Crippen molar-refractivity contribution in [3.63, 3.8) is 0 Å². The van der Waals surface area contributed by atoms with Crippen LogP contribution in [0.15, 0.2) is 29.8 Å². The van der Waals surface area contributed by atoms with Gasteiger partial charge in [-0.25, -0.2) is 0 Å². The summed E-state index contributed by atoms with van der Waals surface area (Å²) in [5.41, 5.74) is 1.42. The van der Waals surface area contributed by atoms with E-state index >= 15 is 0 Å². The maximum Gasteiger partial charge on any atom is 0.256 e. The Labute approximate surface area is 99.5 Å². The molecule has 0 radical (unpaired) electrons. The number of carbonyl (C=O) groups is 2. The van der Waals surface area contributed by atoms with Crippen LogP contribution in [0.3, 0.4) is 0 Å². The number of amides is 2. The molecular formula is C13H13NO3. The second kappa shape index (κ2) is 4.41. The molecule has 1 fully saturated rings. The van der Waals surface area contributed by atoms with Gasteiger partial charge in [0.1, 0.15) is 5.75 Å². The van der Waals surface area contributed by atoms with E-state index < -0.39 is 0 Å². The highest BCUT2D eigenvalue weighted by atomic mass is 16.5. The Hall–Kier alpha value is -2.10. The van der Waals surface area contributed by atoms with Crippen LogP contribution in [0.2, 0.25) is 0 Å². The summed E-state index contributed by atoms with van der Waals surface area (Å²) in [6.07, 6.45) is 1.92. The van der Waals surface area contributed by atoms with Crippen LogP contribution >= 0.6 is 0 Å². The molecule has 4 nitrogen and oxygen atoms in total. The van der Waals surface area contributed by atoms with Gasteiger partial charge in [-0.15, -0.1) is 0 Å². The van der Waals surface area contributed by atoms with Crippen LogP contribution in [0.4, 0.5) is 0 Å². The van der Waals surface area contributed by atoms with Crippen molar-refractivity contribution >= 4 is 17.9 Å². The molecule has 2 rings (SSSR count). The molecule has 2 amide bonds. The highest BCUT2D eigenvalue weighted by Gasteiger charge is 2.30. The number of hydrogen-bond donors (Lipinski definition) is 0. The zero-order valence-electron chi connectivity index (χ0n) is 9.77. The summed E-state index contributed by atoms with van der Waals surface area (Å²) in [7, 11) is 3.10. The van der Waals surface area contributed by atoms with Gasteiger partial charge in [0, 0.05) is 12.6 Å². The van der Waals surface area contributed by atoms with Crippen LogP contribution in [-0.4, -0.2) is 30.9 Å². The van der Waals surface area contributed by atoms with Gasteiger partial charge in [0.05, 0.1) is 13.5 Å². The van der Waals surface area contributed by atoms with E-state index in [0.717, 1.165) is 16.2 Å². The minimum atomic E-state index is -0.217. The van der Waals surface area contributed by atoms with Gasteiger partial charge in [0.2, 0.25) is 5.91 Å². The number of imide groups is 1. The lowest BCUT2D eigenvalue weighted by molar-refractivity contribution is -0.135. The number of rotatable bonds is 2. The Bertz CT molecular complexity index is 488. The number of ether oxygens (including phenoxy) is 1. The van der Waals surface area contributed by atoms with Crippen molar-refractivity contribution in [2.75, 3.05) is 14.2 Å². The van der Waals surface area contributed by atoms with Gasteiger partial charge in [-0.2, -0.15) is 0 Å². The van der Waals surface area contributed by atoms with Crippen LogP contribution in [0, 0.1) is 0 Å². The molecule has 0 aliphatic carbocycles. The lowest BCUT2D eigenvalue weighted by atomic mass is 10.1. The normalized spacial score (nSPS) is 18.0. The number of likely N-dealkylation sites (N-methyl/N-ethyl adjacent to an activating group) is 1. The molecule has 0 saturated carbocycles. The first kappa shape index (κ1) is 11.4. The average molecular weight is 231 g/mol. The monoisotopic (exact) mass is 231 g/mol. The van der Waals surface area contributed by atoms with Crippen LogP contribution in [0.1, 0.15) is 12.0 Å². The maximum atomic E-state index is 11.7. The van der Waals surface area contributed by atoms with E-state index in [0.29, 0.717) is 5.57 Å². The van der Waals surface area contributed by atoms with Crippen molar-refractivity contribution in [3.8, 4) is 5.75 Å². The van der Waals surface area contributed by atoms with Gasteiger partial charge in [0.25, 0.3) is 5.91 Å². The van der Waals surface area contributed by atoms with Gasteiger partial charge < -0.3 is 4.74 Å². The van der Waals surface area contributed by atoms with Crippen LogP contribution in [-0.2, 0) is 9.59 Å². The number of methoxy groups -OCH3 is 1. The van der Waals surface area contributed by atoms with Crippen molar-refractivity contribution in [2.24, 2.45) is 0 Å². The van der Waals surface area contributed by atoms with Gasteiger partial charge >= 0.3 is 0 Å². The fourth-order valence-corrected chi connectivity index (χ4v) is 1.70. The highest BCUT2D eigenvalue weighted by molar-refractivity contribution is 6.15. The summed E-state index contributed by atoms with van der Waals surface area (Å²) >= 11 is 0. The number of carbonyl (C=O) groups excluding carboxylic acids is 2.